The first kappa shape index (κ1) is 24.6. The normalized spacial score (nSPS) is 12.9. The third-order valence-electron chi connectivity index (χ3n) is 3.10. The molecule has 6 nitrogen and oxygen atoms in total. The molecule has 162 valence electrons. The topological polar surface area (TPSA) is 77.8 Å². The molecule has 0 aliphatic carbocycles. The summed E-state index contributed by atoms with van der Waals surface area (Å²) in [5.41, 5.74) is -9.10. The van der Waals surface area contributed by atoms with E-state index in [1.165, 1.54) is 0 Å². The fraction of sp³-hybridized carbons (Fsp3) is 0.429. The van der Waals surface area contributed by atoms with Crippen molar-refractivity contribution in [1.82, 2.24) is 4.98 Å². The van der Waals surface area contributed by atoms with Crippen LogP contribution in [0.4, 0.5) is 40.8 Å². The molecule has 0 bridgehead atoms. The first-order valence-corrected chi connectivity index (χ1v) is 8.22. The van der Waals surface area contributed by atoms with E-state index in [4.69, 9.17) is 0 Å². The van der Waals surface area contributed by atoms with Crippen molar-refractivity contribution in [1.29, 1.82) is 0 Å². The van der Waals surface area contributed by atoms with Crippen LogP contribution in [-0.4, -0.2) is 48.6 Å². The van der Waals surface area contributed by atoms with E-state index in [1.807, 2.05) is 0 Å². The lowest BCUT2D eigenvalue weighted by Gasteiger charge is -2.19. The average molecular weight is 454 g/mol. The summed E-state index contributed by atoms with van der Waals surface area (Å²) in [6.07, 6.45) is -13.8. The molecule has 1 rings (SSSR count). The van der Waals surface area contributed by atoms with Crippen molar-refractivity contribution in [3.63, 3.8) is 0 Å². The predicted molar refractivity (Wildman–Crippen MR) is 83.5 cm³/mol. The van der Waals surface area contributed by atoms with E-state index in [9.17, 15) is 44.7 Å². The van der Waals surface area contributed by atoms with E-state index in [-0.39, 0.29) is 11.8 Å². The zero-order chi connectivity index (χ0) is 22.7. The van der Waals surface area contributed by atoms with Crippen molar-refractivity contribution in [2.24, 2.45) is 4.99 Å². The van der Waals surface area contributed by atoms with Gasteiger partial charge in [-0.1, -0.05) is 0 Å². The minimum Gasteiger partial charge on any atom is -0.465 e. The first-order valence-electron chi connectivity index (χ1n) is 7.00. The number of carbonyl (C=O) groups excluding carboxylic acids is 2. The average Bonchev–Trinajstić information content (AvgIpc) is 2.61. The molecule has 0 atom stereocenters. The number of esters is 2. The molecule has 0 saturated heterocycles. The first-order chi connectivity index (χ1) is 13.2. The maximum atomic E-state index is 13.3. The van der Waals surface area contributed by atoms with Gasteiger partial charge in [-0.05, 0) is 6.26 Å². The molecule has 0 N–H and O–H groups in total. The molecule has 0 unspecified atom stereocenters. The molecule has 15 heteroatoms. The van der Waals surface area contributed by atoms with Crippen LogP contribution in [0.2, 0.25) is 0 Å². The lowest BCUT2D eigenvalue weighted by Crippen LogP contribution is -2.23. The Morgan fingerprint density at radius 3 is 1.83 bits per heavy atom. The Labute approximate surface area is 161 Å². The van der Waals surface area contributed by atoms with Crippen LogP contribution in [0.1, 0.15) is 38.5 Å². The Bertz CT molecular complexity index is 836. The standard InChI is InChI=1S/C14H10F8N2O4S/c1-27-10(25)4-6(24-12(29-3)14(20,21)22)5(11(26)28-2)8(13(17,18)19)23-7(4)9(15)16/h9H,1-3H3. The Morgan fingerprint density at radius 1 is 1.00 bits per heavy atom. The van der Waals surface area contributed by atoms with Crippen molar-refractivity contribution >= 4 is 34.4 Å². The van der Waals surface area contributed by atoms with E-state index < -0.39 is 64.0 Å². The van der Waals surface area contributed by atoms with E-state index in [2.05, 4.69) is 19.5 Å². The monoisotopic (exact) mass is 454 g/mol. The van der Waals surface area contributed by atoms with Gasteiger partial charge in [-0.15, -0.1) is 11.8 Å². The maximum absolute atomic E-state index is 13.3. The Morgan fingerprint density at radius 2 is 1.48 bits per heavy atom. The number of rotatable bonds is 4. The number of alkyl halides is 8. The number of methoxy groups -OCH3 is 2. The number of pyridine rings is 1. The van der Waals surface area contributed by atoms with Gasteiger partial charge in [0.15, 0.2) is 10.7 Å². The number of thioether (sulfide) groups is 1. The number of halogens is 8. The zero-order valence-corrected chi connectivity index (χ0v) is 15.4. The lowest BCUT2D eigenvalue weighted by molar-refractivity contribution is -0.142. The van der Waals surface area contributed by atoms with E-state index in [0.717, 1.165) is 6.26 Å². The second-order valence-electron chi connectivity index (χ2n) is 4.84. The number of nitrogens with zero attached hydrogens (tertiary/aromatic N) is 2. The molecule has 0 aliphatic rings. The van der Waals surface area contributed by atoms with Gasteiger partial charge >= 0.3 is 24.3 Å². The highest BCUT2D eigenvalue weighted by atomic mass is 32.2. The highest BCUT2D eigenvalue weighted by Gasteiger charge is 2.44. The number of carbonyl (C=O) groups is 2. The Kier molecular flexibility index (Phi) is 7.56. The number of hydrogen-bond donors (Lipinski definition) is 0. The fourth-order valence-corrected chi connectivity index (χ4v) is 2.40. The van der Waals surface area contributed by atoms with Gasteiger partial charge < -0.3 is 9.47 Å². The van der Waals surface area contributed by atoms with Crippen molar-refractivity contribution in [2.45, 2.75) is 18.8 Å². The number of hydrogen-bond acceptors (Lipinski definition) is 7. The predicted octanol–water partition coefficient (Wildman–Crippen LogP) is 4.57. The molecule has 1 aromatic heterocycles. The van der Waals surface area contributed by atoms with Crippen LogP contribution in [0.15, 0.2) is 4.99 Å². The lowest BCUT2D eigenvalue weighted by atomic mass is 10.0. The molecule has 0 radical (unpaired) electrons. The molecular formula is C14H10F8N2O4S. The third kappa shape index (κ3) is 5.33. The van der Waals surface area contributed by atoms with Crippen LogP contribution in [-0.2, 0) is 15.7 Å². The van der Waals surface area contributed by atoms with Gasteiger partial charge in [0.25, 0.3) is 6.43 Å². The molecule has 0 saturated carbocycles. The van der Waals surface area contributed by atoms with Crippen LogP contribution in [0.3, 0.4) is 0 Å². The van der Waals surface area contributed by atoms with Crippen LogP contribution in [0.5, 0.6) is 0 Å². The summed E-state index contributed by atoms with van der Waals surface area (Å²) in [6, 6.07) is 0. The smallest absolute Gasteiger partial charge is 0.439 e. The molecule has 29 heavy (non-hydrogen) atoms. The second kappa shape index (κ2) is 8.92. The Hall–Kier alpha value is -2.45. The van der Waals surface area contributed by atoms with Crippen LogP contribution >= 0.6 is 11.8 Å². The van der Waals surface area contributed by atoms with Crippen LogP contribution in [0, 0.1) is 0 Å². The van der Waals surface area contributed by atoms with Gasteiger partial charge in [-0.25, -0.2) is 28.3 Å². The molecule has 0 spiro atoms. The Balaban J connectivity index is 4.31. The number of ether oxygens (including phenoxy) is 2. The van der Waals surface area contributed by atoms with Crippen LogP contribution < -0.4 is 0 Å². The van der Waals surface area contributed by atoms with Gasteiger partial charge in [0.05, 0.1) is 19.9 Å². The maximum Gasteiger partial charge on any atom is 0.439 e. The third-order valence-corrected chi connectivity index (χ3v) is 3.81. The quantitative estimate of drug-likeness (QED) is 0.287. The number of aliphatic imine (C=N–C) groups is 1. The summed E-state index contributed by atoms with van der Waals surface area (Å²) in [4.78, 5) is 29.3. The molecule has 1 heterocycles. The van der Waals surface area contributed by atoms with Gasteiger partial charge in [-0.2, -0.15) is 26.3 Å². The summed E-state index contributed by atoms with van der Waals surface area (Å²) in [5.74, 6) is -3.69. The fourth-order valence-electron chi connectivity index (χ4n) is 1.99. The summed E-state index contributed by atoms with van der Waals surface area (Å²) in [6.45, 7) is 0. The van der Waals surface area contributed by atoms with Gasteiger partial charge in [-0.3, -0.25) is 0 Å². The molecule has 0 aromatic carbocycles. The molecule has 0 fully saturated rings. The largest absolute Gasteiger partial charge is 0.465 e. The van der Waals surface area contributed by atoms with Crippen molar-refractivity contribution in [2.75, 3.05) is 20.5 Å². The van der Waals surface area contributed by atoms with Gasteiger partial charge in [0, 0.05) is 0 Å². The summed E-state index contributed by atoms with van der Waals surface area (Å²) in [5, 5.41) is -1.83. The molecule has 0 amide bonds. The highest BCUT2D eigenvalue weighted by molar-refractivity contribution is 8.13. The van der Waals surface area contributed by atoms with Gasteiger partial charge in [0.1, 0.15) is 16.8 Å². The SMILES string of the molecule is COC(=O)c1c(C(F)F)nc(C(F)(F)F)c(C(=O)OC)c1N=C(SC)C(F)(F)F. The summed E-state index contributed by atoms with van der Waals surface area (Å²) < 4.78 is 114. The second-order valence-corrected chi connectivity index (χ2v) is 5.64. The van der Waals surface area contributed by atoms with Gasteiger partial charge in [0.2, 0.25) is 0 Å². The molecular weight excluding hydrogens is 444 g/mol. The zero-order valence-electron chi connectivity index (χ0n) is 14.5. The summed E-state index contributed by atoms with van der Waals surface area (Å²) >= 11 is -0.113. The summed E-state index contributed by atoms with van der Waals surface area (Å²) in [7, 11) is 1.20. The van der Waals surface area contributed by atoms with E-state index >= 15 is 0 Å². The van der Waals surface area contributed by atoms with Crippen molar-refractivity contribution in [3.05, 3.63) is 22.5 Å². The van der Waals surface area contributed by atoms with Crippen molar-refractivity contribution in [3.8, 4) is 0 Å². The molecule has 1 aromatic rings. The molecule has 0 aliphatic heterocycles. The van der Waals surface area contributed by atoms with E-state index in [0.29, 0.717) is 14.2 Å². The minimum atomic E-state index is -5.58. The van der Waals surface area contributed by atoms with Crippen LogP contribution in [0.25, 0.3) is 0 Å². The minimum absolute atomic E-state index is 0.113. The number of aromatic nitrogens is 1. The highest BCUT2D eigenvalue weighted by Crippen LogP contribution is 2.42. The van der Waals surface area contributed by atoms with E-state index in [1.54, 1.807) is 0 Å². The van der Waals surface area contributed by atoms with Crippen molar-refractivity contribution < 1.29 is 54.2 Å².